The van der Waals surface area contributed by atoms with Crippen LogP contribution in [0, 0.1) is 6.92 Å². The van der Waals surface area contributed by atoms with Crippen molar-refractivity contribution in [2.45, 2.75) is 11.1 Å². The first-order valence-electron chi connectivity index (χ1n) is 10.5. The highest BCUT2D eigenvalue weighted by Crippen LogP contribution is 2.35. The average Bonchev–Trinajstić information content (AvgIpc) is 3.16. The van der Waals surface area contributed by atoms with Gasteiger partial charge in [-0.25, -0.2) is 27.3 Å². The van der Waals surface area contributed by atoms with Gasteiger partial charge in [-0.2, -0.15) is 0 Å². The maximum atomic E-state index is 12.9. The van der Waals surface area contributed by atoms with E-state index in [4.69, 9.17) is 11.6 Å². The molecule has 3 N–H and O–H groups in total. The van der Waals surface area contributed by atoms with Gasteiger partial charge in [0.15, 0.2) is 0 Å². The predicted octanol–water partition coefficient (Wildman–Crippen LogP) is 4.37. The van der Waals surface area contributed by atoms with Gasteiger partial charge in [-0.05, 0) is 72.5 Å². The number of sulfonamides is 1. The molecule has 3 aromatic carbocycles. The number of aryl methyl sites for hydroxylation is 1. The SMILES string of the molecule is Cc1c(S(=O)(=O)NC(=O)Nc2ccc(-n3c(=O)[nH]c4ccccc4c3=O)cc2)sc2ccc(Cl)cc12. The van der Waals surface area contributed by atoms with E-state index in [1.54, 1.807) is 49.4 Å². The highest BCUT2D eigenvalue weighted by Gasteiger charge is 2.24. The van der Waals surface area contributed by atoms with Crippen LogP contribution in [-0.2, 0) is 10.0 Å². The minimum atomic E-state index is -4.15. The quantitative estimate of drug-likeness (QED) is 0.312. The van der Waals surface area contributed by atoms with E-state index < -0.39 is 27.3 Å². The summed E-state index contributed by atoms with van der Waals surface area (Å²) in [5.74, 6) is 0. The van der Waals surface area contributed by atoms with Gasteiger partial charge < -0.3 is 10.3 Å². The second kappa shape index (κ2) is 8.94. The van der Waals surface area contributed by atoms with Crippen molar-refractivity contribution in [3.05, 3.63) is 98.2 Å². The van der Waals surface area contributed by atoms with Crippen molar-refractivity contribution in [3.63, 3.8) is 0 Å². The molecule has 2 amide bonds. The third-order valence-electron chi connectivity index (χ3n) is 5.51. The number of nitrogens with zero attached hydrogens (tertiary/aromatic N) is 1. The van der Waals surface area contributed by atoms with Crippen LogP contribution in [0.15, 0.2) is 80.5 Å². The van der Waals surface area contributed by atoms with Crippen molar-refractivity contribution in [3.8, 4) is 5.69 Å². The Morgan fingerprint density at radius 2 is 1.72 bits per heavy atom. The zero-order valence-corrected chi connectivity index (χ0v) is 20.9. The number of carbonyl (C=O) groups excluding carboxylic acids is 1. The summed E-state index contributed by atoms with van der Waals surface area (Å²) in [6.45, 7) is 1.65. The number of amides is 2. The Balaban J connectivity index is 1.37. The molecule has 9 nitrogen and oxygen atoms in total. The highest BCUT2D eigenvalue weighted by atomic mass is 35.5. The third-order valence-corrected chi connectivity index (χ3v) is 8.97. The van der Waals surface area contributed by atoms with Gasteiger partial charge in [-0.3, -0.25) is 4.79 Å². The second-order valence-corrected chi connectivity index (χ2v) is 11.2. The lowest BCUT2D eigenvalue weighted by Gasteiger charge is -2.10. The Morgan fingerprint density at radius 3 is 2.47 bits per heavy atom. The standard InChI is InChI=1S/C24H17ClN4O5S2/c1-13-18-12-14(25)6-11-20(18)35-22(13)36(33,34)28-23(31)26-15-7-9-16(10-8-15)29-21(30)17-4-2-3-5-19(17)27-24(29)32/h2-12H,1H3,(H,27,32)(H2,26,28,31). The van der Waals surface area contributed by atoms with E-state index in [0.717, 1.165) is 20.6 Å². The van der Waals surface area contributed by atoms with E-state index in [1.165, 1.54) is 24.3 Å². The predicted molar refractivity (Wildman–Crippen MR) is 141 cm³/mol. The minimum absolute atomic E-state index is 0.0140. The number of aromatic amines is 1. The first kappa shape index (κ1) is 23.8. The van der Waals surface area contributed by atoms with Crippen LogP contribution in [0.1, 0.15) is 5.56 Å². The van der Waals surface area contributed by atoms with E-state index in [9.17, 15) is 22.8 Å². The Labute approximate surface area is 213 Å². The summed E-state index contributed by atoms with van der Waals surface area (Å²) in [6.07, 6.45) is 0. The maximum Gasteiger partial charge on any atom is 0.333 e. The van der Waals surface area contributed by atoms with E-state index in [2.05, 4.69) is 10.3 Å². The van der Waals surface area contributed by atoms with Crippen molar-refractivity contribution < 1.29 is 13.2 Å². The number of carbonyl (C=O) groups is 1. The summed E-state index contributed by atoms with van der Waals surface area (Å²) in [5.41, 5.74) is 0.369. The Morgan fingerprint density at radius 1 is 1.00 bits per heavy atom. The number of hydrogen-bond acceptors (Lipinski definition) is 6. The number of halogens is 1. The van der Waals surface area contributed by atoms with Crippen molar-refractivity contribution in [2.75, 3.05) is 5.32 Å². The van der Waals surface area contributed by atoms with Crippen LogP contribution in [0.3, 0.4) is 0 Å². The zero-order valence-electron chi connectivity index (χ0n) is 18.5. The van der Waals surface area contributed by atoms with Gasteiger partial charge in [0, 0.05) is 15.4 Å². The second-order valence-electron chi connectivity index (χ2n) is 7.88. The number of hydrogen-bond donors (Lipinski definition) is 3. The van der Waals surface area contributed by atoms with Crippen molar-refractivity contribution in [2.24, 2.45) is 0 Å². The molecule has 0 saturated carbocycles. The molecule has 0 atom stereocenters. The fourth-order valence-electron chi connectivity index (χ4n) is 3.84. The summed E-state index contributed by atoms with van der Waals surface area (Å²) in [4.78, 5) is 40.4. The molecule has 36 heavy (non-hydrogen) atoms. The van der Waals surface area contributed by atoms with Crippen molar-refractivity contribution in [1.29, 1.82) is 0 Å². The van der Waals surface area contributed by atoms with Gasteiger partial charge in [0.05, 0.1) is 16.6 Å². The maximum absolute atomic E-state index is 12.9. The largest absolute Gasteiger partial charge is 0.333 e. The lowest BCUT2D eigenvalue weighted by Crippen LogP contribution is -2.34. The molecule has 5 aromatic rings. The Kier molecular flexibility index (Phi) is 5.91. The molecule has 2 heterocycles. The van der Waals surface area contributed by atoms with Crippen LogP contribution < -0.4 is 21.3 Å². The van der Waals surface area contributed by atoms with Crippen LogP contribution in [-0.4, -0.2) is 24.0 Å². The van der Waals surface area contributed by atoms with Crippen LogP contribution in [0.4, 0.5) is 10.5 Å². The molecule has 0 saturated heterocycles. The number of benzene rings is 3. The number of anilines is 1. The number of aromatic nitrogens is 2. The molecule has 0 aliphatic rings. The average molecular weight is 541 g/mol. The van der Waals surface area contributed by atoms with Gasteiger partial charge in [0.25, 0.3) is 15.6 Å². The molecule has 0 aliphatic heterocycles. The van der Waals surface area contributed by atoms with Crippen LogP contribution in [0.25, 0.3) is 26.7 Å². The number of thiophene rings is 1. The fourth-order valence-corrected chi connectivity index (χ4v) is 6.67. The third kappa shape index (κ3) is 4.28. The molecule has 0 radical (unpaired) electrons. The topological polar surface area (TPSA) is 130 Å². The molecule has 0 aliphatic carbocycles. The molecule has 0 spiro atoms. The molecular weight excluding hydrogens is 524 g/mol. The number of nitrogens with one attached hydrogen (secondary N) is 3. The number of rotatable bonds is 4. The number of H-pyrrole nitrogens is 1. The van der Waals surface area contributed by atoms with E-state index in [1.807, 2.05) is 4.72 Å². The summed E-state index contributed by atoms with van der Waals surface area (Å²) in [6, 6.07) is 16.6. The zero-order chi connectivity index (χ0) is 25.6. The number of fused-ring (bicyclic) bond motifs is 2. The summed E-state index contributed by atoms with van der Waals surface area (Å²) >= 11 is 7.06. The molecule has 0 fully saturated rings. The molecule has 5 rings (SSSR count). The summed E-state index contributed by atoms with van der Waals surface area (Å²) in [5, 5.41) is 3.98. The van der Waals surface area contributed by atoms with Gasteiger partial charge in [-0.1, -0.05) is 23.7 Å². The first-order valence-corrected chi connectivity index (χ1v) is 13.2. The highest BCUT2D eigenvalue weighted by molar-refractivity contribution is 7.92. The van der Waals surface area contributed by atoms with Gasteiger partial charge in [-0.15, -0.1) is 11.3 Å². The Hall–Kier alpha value is -3.93. The molecule has 12 heteroatoms. The lowest BCUT2D eigenvalue weighted by molar-refractivity contribution is 0.256. The molecule has 0 unspecified atom stereocenters. The molecule has 0 bridgehead atoms. The summed E-state index contributed by atoms with van der Waals surface area (Å²) in [7, 11) is -4.15. The minimum Gasteiger partial charge on any atom is -0.307 e. The molecule has 2 aromatic heterocycles. The Bertz CT molecular complexity index is 1890. The fraction of sp³-hybridized carbons (Fsp3) is 0.0417. The van der Waals surface area contributed by atoms with Gasteiger partial charge >= 0.3 is 11.7 Å². The first-order chi connectivity index (χ1) is 17.1. The lowest BCUT2D eigenvalue weighted by atomic mass is 10.2. The van der Waals surface area contributed by atoms with Crippen molar-refractivity contribution in [1.82, 2.24) is 14.3 Å². The van der Waals surface area contributed by atoms with Crippen LogP contribution in [0.5, 0.6) is 0 Å². The van der Waals surface area contributed by atoms with E-state index in [0.29, 0.717) is 26.9 Å². The van der Waals surface area contributed by atoms with Crippen molar-refractivity contribution >= 4 is 65.7 Å². The normalized spacial score (nSPS) is 11.6. The van der Waals surface area contributed by atoms with Crippen LogP contribution in [0.2, 0.25) is 5.02 Å². The smallest absolute Gasteiger partial charge is 0.307 e. The van der Waals surface area contributed by atoms with Gasteiger partial charge in [0.2, 0.25) is 0 Å². The summed E-state index contributed by atoms with van der Waals surface area (Å²) < 4.78 is 29.5. The number of urea groups is 1. The van der Waals surface area contributed by atoms with Gasteiger partial charge in [0.1, 0.15) is 4.21 Å². The van der Waals surface area contributed by atoms with E-state index >= 15 is 0 Å². The monoisotopic (exact) mass is 540 g/mol. The molecular formula is C24H17ClN4O5S2. The van der Waals surface area contributed by atoms with Crippen LogP contribution >= 0.6 is 22.9 Å². The molecule has 182 valence electrons. The number of para-hydroxylation sites is 1. The van der Waals surface area contributed by atoms with E-state index in [-0.39, 0.29) is 15.6 Å².